The van der Waals surface area contributed by atoms with Crippen molar-refractivity contribution in [3.63, 3.8) is 0 Å². The van der Waals surface area contributed by atoms with Crippen LogP contribution < -0.4 is 14.4 Å². The summed E-state index contributed by atoms with van der Waals surface area (Å²) in [7, 11) is 0. The van der Waals surface area contributed by atoms with Crippen LogP contribution in [0.1, 0.15) is 40.8 Å². The van der Waals surface area contributed by atoms with E-state index in [2.05, 4.69) is 10.2 Å². The van der Waals surface area contributed by atoms with Gasteiger partial charge in [-0.3, -0.25) is 14.5 Å². The van der Waals surface area contributed by atoms with Crippen LogP contribution in [-0.4, -0.2) is 33.1 Å². The van der Waals surface area contributed by atoms with Crippen LogP contribution in [0.25, 0.3) is 5.76 Å². The minimum Gasteiger partial charge on any atom is -0.507 e. The van der Waals surface area contributed by atoms with Crippen LogP contribution in [0.2, 0.25) is 0 Å². The van der Waals surface area contributed by atoms with Crippen molar-refractivity contribution >= 4 is 45.7 Å². The predicted molar refractivity (Wildman–Crippen MR) is 178 cm³/mol. The van der Waals surface area contributed by atoms with Crippen molar-refractivity contribution in [2.24, 2.45) is 0 Å². The van der Waals surface area contributed by atoms with Crippen molar-refractivity contribution in [1.29, 1.82) is 0 Å². The van der Waals surface area contributed by atoms with Gasteiger partial charge in [0.25, 0.3) is 5.78 Å². The zero-order valence-electron chi connectivity index (χ0n) is 24.8. The molecule has 10 heteroatoms. The van der Waals surface area contributed by atoms with Crippen molar-refractivity contribution in [2.45, 2.75) is 42.2 Å². The van der Waals surface area contributed by atoms with Gasteiger partial charge in [-0.25, -0.2) is 0 Å². The molecule has 2 aliphatic rings. The normalized spacial score (nSPS) is 18.4. The van der Waals surface area contributed by atoms with E-state index in [0.717, 1.165) is 22.4 Å². The summed E-state index contributed by atoms with van der Waals surface area (Å²) < 4.78 is 12.6. The first-order valence-corrected chi connectivity index (χ1v) is 16.6. The number of rotatable bonds is 9. The van der Waals surface area contributed by atoms with E-state index >= 15 is 0 Å². The van der Waals surface area contributed by atoms with Crippen molar-refractivity contribution in [2.75, 3.05) is 4.90 Å². The molecule has 0 spiro atoms. The van der Waals surface area contributed by atoms with Crippen molar-refractivity contribution < 1.29 is 24.2 Å². The number of carbonyl (C=O) groups excluding carboxylic acids is 2. The highest BCUT2D eigenvalue weighted by Gasteiger charge is 2.48. The molecule has 1 fully saturated rings. The van der Waals surface area contributed by atoms with Crippen LogP contribution in [0.5, 0.6) is 11.5 Å². The first-order chi connectivity index (χ1) is 22.4. The summed E-state index contributed by atoms with van der Waals surface area (Å²) in [6.07, 6.45) is 0.700. The predicted octanol–water partition coefficient (Wildman–Crippen LogP) is 7.36. The highest BCUT2D eigenvalue weighted by Crippen LogP contribution is 2.45. The highest BCUT2D eigenvalue weighted by molar-refractivity contribution is 8.00. The molecule has 2 atom stereocenters. The monoisotopic (exact) mass is 647 g/mol. The average molecular weight is 648 g/mol. The standard InChI is InChI=1S/C36H29N3O5S2/c1-22-17-27-18-26(15-16-29(27)44-22)32(40)30-31(25-13-8-14-28(19-25)43-20-23-9-4-2-5-10-23)39(34(42)33(30)41)35-37-38-36(46-35)45-21-24-11-6-3-7-12-24/h2-16,18-19,22,31,40H,17,20-21H2,1H3/t22-,31-/m0/s1. The summed E-state index contributed by atoms with van der Waals surface area (Å²) in [4.78, 5) is 28.9. The van der Waals surface area contributed by atoms with Gasteiger partial charge in [-0.05, 0) is 59.5 Å². The number of hydrogen-bond acceptors (Lipinski definition) is 9. The van der Waals surface area contributed by atoms with Gasteiger partial charge in [0, 0.05) is 17.7 Å². The first kappa shape index (κ1) is 29.8. The van der Waals surface area contributed by atoms with Gasteiger partial charge < -0.3 is 14.6 Å². The molecule has 0 saturated carbocycles. The van der Waals surface area contributed by atoms with E-state index in [9.17, 15) is 14.7 Å². The van der Waals surface area contributed by atoms with Crippen molar-refractivity contribution in [3.05, 3.63) is 137 Å². The van der Waals surface area contributed by atoms with Gasteiger partial charge in [0.2, 0.25) is 5.13 Å². The Morgan fingerprint density at radius 1 is 0.957 bits per heavy atom. The van der Waals surface area contributed by atoms with E-state index in [0.29, 0.717) is 40.0 Å². The van der Waals surface area contributed by atoms with Gasteiger partial charge in [0.05, 0.1) is 11.6 Å². The Hall–Kier alpha value is -4.93. The molecule has 0 unspecified atom stereocenters. The fraction of sp³-hybridized carbons (Fsp3) is 0.167. The molecule has 1 saturated heterocycles. The number of aliphatic hydroxyl groups excluding tert-OH is 1. The van der Waals surface area contributed by atoms with E-state index < -0.39 is 17.7 Å². The Morgan fingerprint density at radius 3 is 2.50 bits per heavy atom. The molecule has 1 N–H and O–H groups in total. The Bertz CT molecular complexity index is 1940. The summed E-state index contributed by atoms with van der Waals surface area (Å²) >= 11 is 2.74. The Balaban J connectivity index is 1.26. The maximum atomic E-state index is 13.8. The number of carbonyl (C=O) groups is 2. The molecular formula is C36H29N3O5S2. The van der Waals surface area contributed by atoms with Crippen LogP contribution in [0, 0.1) is 0 Å². The van der Waals surface area contributed by atoms with E-state index in [1.165, 1.54) is 28.0 Å². The molecule has 46 heavy (non-hydrogen) atoms. The number of ketones is 1. The van der Waals surface area contributed by atoms with E-state index in [4.69, 9.17) is 9.47 Å². The molecular weight excluding hydrogens is 619 g/mol. The topological polar surface area (TPSA) is 102 Å². The number of thioether (sulfide) groups is 1. The van der Waals surface area contributed by atoms with Crippen LogP contribution >= 0.6 is 23.1 Å². The van der Waals surface area contributed by atoms with Crippen molar-refractivity contribution in [3.8, 4) is 11.5 Å². The molecule has 4 aromatic carbocycles. The lowest BCUT2D eigenvalue weighted by atomic mass is 9.94. The SMILES string of the molecule is C[C@H]1Cc2cc(C(O)=C3C(=O)C(=O)N(c4nnc(SCc5ccccc5)s4)[C@H]3c3cccc(OCc4ccccc4)c3)ccc2O1. The van der Waals surface area contributed by atoms with Crippen LogP contribution in [-0.2, 0) is 28.4 Å². The zero-order valence-corrected chi connectivity index (χ0v) is 26.5. The van der Waals surface area contributed by atoms with E-state index in [1.54, 1.807) is 18.2 Å². The minimum absolute atomic E-state index is 0.0166. The average Bonchev–Trinajstić information content (AvgIpc) is 3.78. The number of aromatic nitrogens is 2. The van der Waals surface area contributed by atoms with Gasteiger partial charge in [0.15, 0.2) is 4.34 Å². The summed E-state index contributed by atoms with van der Waals surface area (Å²) in [6, 6.07) is 31.4. The lowest BCUT2D eigenvalue weighted by Crippen LogP contribution is -2.29. The molecule has 1 amide bonds. The molecule has 0 aliphatic carbocycles. The maximum Gasteiger partial charge on any atom is 0.301 e. The van der Waals surface area contributed by atoms with Crippen LogP contribution in [0.4, 0.5) is 5.13 Å². The summed E-state index contributed by atoms with van der Waals surface area (Å²) in [6.45, 7) is 2.32. The zero-order chi connectivity index (χ0) is 31.6. The molecule has 7 rings (SSSR count). The number of amides is 1. The number of aliphatic hydroxyl groups is 1. The second-order valence-electron chi connectivity index (χ2n) is 11.1. The molecule has 230 valence electrons. The molecule has 2 aliphatic heterocycles. The largest absolute Gasteiger partial charge is 0.507 e. The Labute approximate surface area is 274 Å². The molecule has 0 bridgehead atoms. The number of fused-ring (bicyclic) bond motifs is 1. The third kappa shape index (κ3) is 6.01. The summed E-state index contributed by atoms with van der Waals surface area (Å²) in [5, 5.41) is 20.6. The molecule has 0 radical (unpaired) electrons. The number of Topliss-reactive ketones (excluding diaryl/α,β-unsaturated/α-hetero) is 1. The molecule has 5 aromatic rings. The quantitative estimate of drug-likeness (QED) is 0.0582. The number of hydrogen-bond donors (Lipinski definition) is 1. The minimum atomic E-state index is -0.955. The molecule has 3 heterocycles. The number of ether oxygens (including phenoxy) is 2. The Morgan fingerprint density at radius 2 is 1.72 bits per heavy atom. The molecule has 1 aromatic heterocycles. The Kier molecular flexibility index (Phi) is 8.30. The van der Waals surface area contributed by atoms with E-state index in [1.807, 2.05) is 91.9 Å². The second kappa shape index (κ2) is 12.8. The number of nitrogens with zero attached hydrogens (tertiary/aromatic N) is 3. The van der Waals surface area contributed by atoms with Crippen molar-refractivity contribution in [1.82, 2.24) is 10.2 Å². The number of benzene rings is 4. The first-order valence-electron chi connectivity index (χ1n) is 14.8. The maximum absolute atomic E-state index is 13.8. The van der Waals surface area contributed by atoms with Crippen LogP contribution in [0.15, 0.2) is 113 Å². The summed E-state index contributed by atoms with van der Waals surface area (Å²) in [5.41, 5.74) is 4.08. The van der Waals surface area contributed by atoms with Gasteiger partial charge >= 0.3 is 5.91 Å². The smallest absolute Gasteiger partial charge is 0.301 e. The van der Waals surface area contributed by atoms with Gasteiger partial charge in [0.1, 0.15) is 30.0 Å². The van der Waals surface area contributed by atoms with Gasteiger partial charge in [-0.2, -0.15) is 0 Å². The third-order valence-corrected chi connectivity index (χ3v) is 9.97. The van der Waals surface area contributed by atoms with Gasteiger partial charge in [-0.15, -0.1) is 10.2 Å². The second-order valence-corrected chi connectivity index (χ2v) is 13.3. The summed E-state index contributed by atoms with van der Waals surface area (Å²) in [5.74, 6) is 0.157. The third-order valence-electron chi connectivity index (χ3n) is 7.84. The van der Waals surface area contributed by atoms with Gasteiger partial charge in [-0.1, -0.05) is 95.9 Å². The molecule has 8 nitrogen and oxygen atoms in total. The van der Waals surface area contributed by atoms with Crippen LogP contribution in [0.3, 0.4) is 0 Å². The lowest BCUT2D eigenvalue weighted by molar-refractivity contribution is -0.132. The number of anilines is 1. The fourth-order valence-electron chi connectivity index (χ4n) is 5.66. The van der Waals surface area contributed by atoms with E-state index in [-0.39, 0.29) is 22.6 Å². The fourth-order valence-corrected chi connectivity index (χ4v) is 7.49. The lowest BCUT2D eigenvalue weighted by Gasteiger charge is -2.23. The highest BCUT2D eigenvalue weighted by atomic mass is 32.2.